The lowest BCUT2D eigenvalue weighted by Gasteiger charge is -2.16. The summed E-state index contributed by atoms with van der Waals surface area (Å²) in [6, 6.07) is 3.64. The second kappa shape index (κ2) is 12.3. The van der Waals surface area contributed by atoms with Crippen molar-refractivity contribution in [3.63, 3.8) is 0 Å². The number of H-pyrrole nitrogens is 2. The number of nitrogens with zero attached hydrogens (tertiary/aromatic N) is 1. The Labute approximate surface area is 205 Å². The van der Waals surface area contributed by atoms with Crippen molar-refractivity contribution in [1.82, 2.24) is 20.3 Å². The molecule has 36 heavy (non-hydrogen) atoms. The second-order valence-corrected chi connectivity index (χ2v) is 7.60. The molecule has 0 saturated carbocycles. The molecule has 0 aliphatic rings. The number of hydrogen-bond acceptors (Lipinski definition) is 9. The van der Waals surface area contributed by atoms with Crippen LogP contribution in [-0.4, -0.2) is 52.1 Å². The minimum atomic E-state index is -1.03. The number of aromatic nitrogens is 3. The number of carbonyl (C=O) groups is 3. The minimum Gasteiger partial charge on any atom is -0.466 e. The van der Waals surface area contributed by atoms with Gasteiger partial charge < -0.3 is 29.9 Å². The number of furan rings is 1. The van der Waals surface area contributed by atoms with Crippen LogP contribution in [0, 0.1) is 11.8 Å². The molecule has 0 saturated heterocycles. The summed E-state index contributed by atoms with van der Waals surface area (Å²) in [5.74, 6) is 4.26. The fourth-order valence-corrected chi connectivity index (χ4v) is 3.32. The van der Waals surface area contributed by atoms with Crippen LogP contribution in [0.3, 0.4) is 0 Å². The first-order chi connectivity index (χ1) is 17.3. The summed E-state index contributed by atoms with van der Waals surface area (Å²) in [5, 5.41) is 2.94. The fourth-order valence-electron chi connectivity index (χ4n) is 3.32. The molecule has 3 aromatic rings. The van der Waals surface area contributed by atoms with Gasteiger partial charge in [-0.15, -0.1) is 0 Å². The van der Waals surface area contributed by atoms with Gasteiger partial charge in [0.2, 0.25) is 5.95 Å². The van der Waals surface area contributed by atoms with Crippen molar-refractivity contribution < 1.29 is 28.3 Å². The SMILES string of the molecule is CCOC(=O)CCC(NC(=O)c1ccc(C#CCCc2cc3c(=O)[nH]c(N)nc3[nH]2)o1)C(=O)OCC. The number of nitrogen functional groups attached to an aromatic ring is 1. The Bertz CT molecular complexity index is 1360. The smallest absolute Gasteiger partial charge is 0.328 e. The van der Waals surface area contributed by atoms with E-state index in [1.165, 1.54) is 12.1 Å². The molecule has 3 aromatic heterocycles. The molecule has 1 unspecified atom stereocenters. The van der Waals surface area contributed by atoms with E-state index < -0.39 is 23.9 Å². The lowest BCUT2D eigenvalue weighted by molar-refractivity contribution is -0.146. The summed E-state index contributed by atoms with van der Waals surface area (Å²) in [6.45, 7) is 3.67. The van der Waals surface area contributed by atoms with E-state index in [2.05, 4.69) is 32.1 Å². The summed E-state index contributed by atoms with van der Waals surface area (Å²) >= 11 is 0. The zero-order valence-electron chi connectivity index (χ0n) is 19.9. The monoisotopic (exact) mass is 497 g/mol. The van der Waals surface area contributed by atoms with Gasteiger partial charge in [-0.3, -0.25) is 19.4 Å². The van der Waals surface area contributed by atoms with Gasteiger partial charge in [0.1, 0.15) is 11.7 Å². The fraction of sp³-hybridized carbons (Fsp3) is 0.375. The van der Waals surface area contributed by atoms with Gasteiger partial charge in [-0.1, -0.05) is 5.92 Å². The lowest BCUT2D eigenvalue weighted by Crippen LogP contribution is -2.42. The Morgan fingerprint density at radius 2 is 1.97 bits per heavy atom. The van der Waals surface area contributed by atoms with Crippen LogP contribution in [0.15, 0.2) is 27.4 Å². The van der Waals surface area contributed by atoms with E-state index in [4.69, 9.17) is 19.6 Å². The molecule has 0 spiro atoms. The Hall–Kier alpha value is -4.53. The van der Waals surface area contributed by atoms with Gasteiger partial charge in [0.25, 0.3) is 11.5 Å². The van der Waals surface area contributed by atoms with E-state index in [1.54, 1.807) is 19.9 Å². The van der Waals surface area contributed by atoms with E-state index in [0.717, 1.165) is 5.69 Å². The number of ether oxygens (including phenoxy) is 2. The van der Waals surface area contributed by atoms with E-state index in [-0.39, 0.29) is 49.1 Å². The van der Waals surface area contributed by atoms with Gasteiger partial charge in [-0.25, -0.2) is 4.79 Å². The molecule has 12 nitrogen and oxygen atoms in total. The molecule has 0 bridgehead atoms. The van der Waals surface area contributed by atoms with Gasteiger partial charge in [0, 0.05) is 18.5 Å². The summed E-state index contributed by atoms with van der Waals surface area (Å²) in [6.07, 6.45) is 0.943. The number of amides is 1. The van der Waals surface area contributed by atoms with Crippen LogP contribution in [0.4, 0.5) is 5.95 Å². The maximum Gasteiger partial charge on any atom is 0.328 e. The molecule has 1 amide bonds. The van der Waals surface area contributed by atoms with Crippen LogP contribution >= 0.6 is 0 Å². The molecule has 0 radical (unpaired) electrons. The predicted octanol–water partition coefficient (Wildman–Crippen LogP) is 1.42. The quantitative estimate of drug-likeness (QED) is 0.238. The Morgan fingerprint density at radius 1 is 1.19 bits per heavy atom. The van der Waals surface area contributed by atoms with Crippen molar-refractivity contribution in [3.05, 3.63) is 45.8 Å². The van der Waals surface area contributed by atoms with Gasteiger partial charge >= 0.3 is 11.9 Å². The predicted molar refractivity (Wildman–Crippen MR) is 129 cm³/mol. The number of fused-ring (bicyclic) bond motifs is 1. The average Bonchev–Trinajstić information content (AvgIpc) is 3.47. The molecule has 0 aliphatic heterocycles. The first-order valence-electron chi connectivity index (χ1n) is 11.4. The highest BCUT2D eigenvalue weighted by atomic mass is 16.5. The highest BCUT2D eigenvalue weighted by molar-refractivity contribution is 5.94. The number of aryl methyl sites for hydroxylation is 1. The molecule has 3 heterocycles. The van der Waals surface area contributed by atoms with Crippen LogP contribution < -0.4 is 16.6 Å². The van der Waals surface area contributed by atoms with Crippen LogP contribution in [0.1, 0.15) is 55.1 Å². The summed E-state index contributed by atoms with van der Waals surface area (Å²) in [7, 11) is 0. The molecule has 0 aromatic carbocycles. The van der Waals surface area contributed by atoms with Gasteiger partial charge in [0.15, 0.2) is 11.5 Å². The van der Waals surface area contributed by atoms with Crippen molar-refractivity contribution >= 4 is 34.8 Å². The number of nitrogens with one attached hydrogen (secondary N) is 3. The Kier molecular flexibility index (Phi) is 8.88. The molecule has 0 fully saturated rings. The Balaban J connectivity index is 1.58. The molecule has 5 N–H and O–H groups in total. The highest BCUT2D eigenvalue weighted by Crippen LogP contribution is 2.12. The third-order valence-corrected chi connectivity index (χ3v) is 4.95. The summed E-state index contributed by atoms with van der Waals surface area (Å²) in [4.78, 5) is 57.8. The van der Waals surface area contributed by atoms with Crippen LogP contribution in [-0.2, 0) is 25.5 Å². The van der Waals surface area contributed by atoms with Gasteiger partial charge in [0.05, 0.1) is 18.6 Å². The number of aromatic amines is 2. The summed E-state index contributed by atoms with van der Waals surface area (Å²) in [5.41, 5.74) is 6.41. The maximum absolute atomic E-state index is 12.6. The van der Waals surface area contributed by atoms with Crippen molar-refractivity contribution in [1.29, 1.82) is 0 Å². The molecule has 0 aliphatic carbocycles. The average molecular weight is 498 g/mol. The van der Waals surface area contributed by atoms with Crippen molar-refractivity contribution in [2.24, 2.45) is 0 Å². The maximum atomic E-state index is 12.6. The van der Waals surface area contributed by atoms with Crippen molar-refractivity contribution in [3.8, 4) is 11.8 Å². The van der Waals surface area contributed by atoms with E-state index >= 15 is 0 Å². The van der Waals surface area contributed by atoms with Crippen LogP contribution in [0.25, 0.3) is 11.0 Å². The highest BCUT2D eigenvalue weighted by Gasteiger charge is 2.25. The molecule has 1 atom stereocenters. The minimum absolute atomic E-state index is 0.0263. The van der Waals surface area contributed by atoms with Crippen molar-refractivity contribution in [2.75, 3.05) is 18.9 Å². The number of hydrogen-bond donors (Lipinski definition) is 4. The topological polar surface area (TPSA) is 182 Å². The van der Waals surface area contributed by atoms with E-state index in [1.807, 2.05) is 0 Å². The van der Waals surface area contributed by atoms with Gasteiger partial charge in [-0.2, -0.15) is 4.98 Å². The molecule has 3 rings (SSSR count). The largest absolute Gasteiger partial charge is 0.466 e. The molecule has 190 valence electrons. The zero-order chi connectivity index (χ0) is 26.1. The zero-order valence-corrected chi connectivity index (χ0v) is 19.9. The molecular weight excluding hydrogens is 470 g/mol. The third-order valence-electron chi connectivity index (χ3n) is 4.95. The molecule has 12 heteroatoms. The molecular formula is C24H27N5O7. The van der Waals surface area contributed by atoms with E-state index in [9.17, 15) is 19.2 Å². The lowest BCUT2D eigenvalue weighted by atomic mass is 10.1. The van der Waals surface area contributed by atoms with E-state index in [0.29, 0.717) is 23.9 Å². The standard InChI is InChI=1S/C24H27N5O7/c1-3-34-19(30)12-10-17(23(33)35-4-2)27-22(32)18-11-9-15(36-18)8-6-5-7-14-13-16-20(26-14)28-24(25)29-21(16)31/h9,11,13,17H,3-5,7,10,12H2,1-2H3,(H,27,32)(H4,25,26,28,29,31). The third kappa shape index (κ3) is 6.99. The summed E-state index contributed by atoms with van der Waals surface area (Å²) < 4.78 is 15.3. The normalized spacial score (nSPS) is 11.4. The number of nitrogens with two attached hydrogens (primary N) is 1. The first-order valence-corrected chi connectivity index (χ1v) is 11.4. The number of rotatable bonds is 10. The van der Waals surface area contributed by atoms with Crippen molar-refractivity contribution in [2.45, 2.75) is 45.6 Å². The van der Waals surface area contributed by atoms with Crippen LogP contribution in [0.2, 0.25) is 0 Å². The number of anilines is 1. The second-order valence-electron chi connectivity index (χ2n) is 7.60. The van der Waals surface area contributed by atoms with Crippen LogP contribution in [0.5, 0.6) is 0 Å². The van der Waals surface area contributed by atoms with Gasteiger partial charge in [-0.05, 0) is 50.8 Å². The Morgan fingerprint density at radius 3 is 2.72 bits per heavy atom. The number of esters is 2. The number of carbonyl (C=O) groups excluding carboxylic acids is 3. The first kappa shape index (κ1) is 26.1.